The molecule has 4 aromatic rings. The van der Waals surface area contributed by atoms with Crippen LogP contribution in [-0.4, -0.2) is 0 Å². The summed E-state index contributed by atoms with van der Waals surface area (Å²) in [7, 11) is 0. The van der Waals surface area contributed by atoms with Crippen molar-refractivity contribution in [2.45, 2.75) is 33.1 Å². The van der Waals surface area contributed by atoms with E-state index in [0.29, 0.717) is 0 Å². The van der Waals surface area contributed by atoms with E-state index in [1.165, 1.54) is 44.5 Å². The van der Waals surface area contributed by atoms with Crippen molar-refractivity contribution < 1.29 is 0 Å². The minimum absolute atomic E-state index is 0.269. The minimum atomic E-state index is -0.269. The lowest BCUT2D eigenvalue weighted by Crippen LogP contribution is -2.28. The zero-order valence-corrected chi connectivity index (χ0v) is 17.7. The SMILES string of the molecule is CC.Cc1ccc(C2(c3ccc(C)cc3)c3ccccc3-c3ccccc32)cc1. The molecule has 4 aromatic carbocycles. The highest BCUT2D eigenvalue weighted by Gasteiger charge is 2.45. The molecule has 1 aliphatic rings. The standard InChI is InChI=1S/C27H22.C2H6/c1-19-11-15-21(16-12-19)27(22-17-13-20(2)14-18-22)25-9-5-3-7-23(25)24-8-4-6-10-26(24)27;1-2/h3-18H,1-2H3;1-2H3. The molecule has 0 amide bonds. The van der Waals surface area contributed by atoms with Crippen LogP contribution >= 0.6 is 0 Å². The molecule has 0 saturated heterocycles. The van der Waals surface area contributed by atoms with Crippen molar-refractivity contribution in [2.24, 2.45) is 0 Å². The van der Waals surface area contributed by atoms with Crippen LogP contribution in [0.5, 0.6) is 0 Å². The summed E-state index contributed by atoms with van der Waals surface area (Å²) in [4.78, 5) is 0. The van der Waals surface area contributed by atoms with Gasteiger partial charge in [-0.25, -0.2) is 0 Å². The Balaban J connectivity index is 0.000000994. The fourth-order valence-corrected chi connectivity index (χ4v) is 4.63. The molecule has 0 spiro atoms. The Kier molecular flexibility index (Phi) is 5.11. The van der Waals surface area contributed by atoms with Crippen LogP contribution in [0.2, 0.25) is 0 Å². The topological polar surface area (TPSA) is 0 Å². The van der Waals surface area contributed by atoms with Gasteiger partial charge in [0.15, 0.2) is 0 Å². The maximum absolute atomic E-state index is 2.30. The number of fused-ring (bicyclic) bond motifs is 3. The van der Waals surface area contributed by atoms with Gasteiger partial charge in [0.1, 0.15) is 0 Å². The number of hydrogen-bond donors (Lipinski definition) is 0. The van der Waals surface area contributed by atoms with Gasteiger partial charge in [-0.2, -0.15) is 0 Å². The molecule has 0 fully saturated rings. The lowest BCUT2D eigenvalue weighted by Gasteiger charge is -2.34. The van der Waals surface area contributed by atoms with Crippen molar-refractivity contribution in [3.63, 3.8) is 0 Å². The highest BCUT2D eigenvalue weighted by Crippen LogP contribution is 2.55. The van der Waals surface area contributed by atoms with Gasteiger partial charge in [-0.1, -0.05) is 122 Å². The van der Waals surface area contributed by atoms with Crippen molar-refractivity contribution in [2.75, 3.05) is 0 Å². The Morgan fingerprint density at radius 3 is 1.17 bits per heavy atom. The molecule has 1 aliphatic carbocycles. The maximum Gasteiger partial charge on any atom is 0.0713 e. The van der Waals surface area contributed by atoms with Crippen LogP contribution in [0.25, 0.3) is 11.1 Å². The zero-order chi connectivity index (χ0) is 20.4. The molecule has 0 heteroatoms. The van der Waals surface area contributed by atoms with Gasteiger partial charge in [-0.15, -0.1) is 0 Å². The maximum atomic E-state index is 2.30. The normalized spacial score (nSPS) is 13.1. The highest BCUT2D eigenvalue weighted by atomic mass is 14.5. The van der Waals surface area contributed by atoms with Crippen molar-refractivity contribution in [1.29, 1.82) is 0 Å². The molecule has 5 rings (SSSR count). The summed E-state index contributed by atoms with van der Waals surface area (Å²) in [6, 6.07) is 35.9. The number of rotatable bonds is 2. The Morgan fingerprint density at radius 1 is 0.448 bits per heavy atom. The molecular formula is C29H28. The first-order valence-electron chi connectivity index (χ1n) is 10.5. The molecule has 0 atom stereocenters. The van der Waals surface area contributed by atoms with E-state index in [0.717, 1.165) is 0 Å². The van der Waals surface area contributed by atoms with Crippen LogP contribution in [-0.2, 0) is 5.41 Å². The first-order chi connectivity index (χ1) is 14.2. The third-order valence-electron chi connectivity index (χ3n) is 5.92. The van der Waals surface area contributed by atoms with Gasteiger partial charge in [-0.05, 0) is 47.2 Å². The highest BCUT2D eigenvalue weighted by molar-refractivity contribution is 5.86. The van der Waals surface area contributed by atoms with Crippen LogP contribution in [0.3, 0.4) is 0 Å². The molecule has 0 unspecified atom stereocenters. The second-order valence-electron chi connectivity index (χ2n) is 7.57. The van der Waals surface area contributed by atoms with Crippen molar-refractivity contribution in [3.8, 4) is 11.1 Å². The van der Waals surface area contributed by atoms with E-state index >= 15 is 0 Å². The van der Waals surface area contributed by atoms with Crippen LogP contribution in [0.4, 0.5) is 0 Å². The quantitative estimate of drug-likeness (QED) is 0.296. The first kappa shape index (κ1) is 19.2. The molecule has 0 heterocycles. The Labute approximate surface area is 174 Å². The fraction of sp³-hybridized carbons (Fsp3) is 0.172. The number of aryl methyl sites for hydroxylation is 2. The molecule has 0 aliphatic heterocycles. The summed E-state index contributed by atoms with van der Waals surface area (Å²) in [5, 5.41) is 0. The molecule has 144 valence electrons. The van der Waals surface area contributed by atoms with Gasteiger partial charge in [0.05, 0.1) is 5.41 Å². The van der Waals surface area contributed by atoms with E-state index in [2.05, 4.69) is 111 Å². The lowest BCUT2D eigenvalue weighted by atomic mass is 9.67. The van der Waals surface area contributed by atoms with Gasteiger partial charge in [0.25, 0.3) is 0 Å². The Hall–Kier alpha value is -3.12. The fourth-order valence-electron chi connectivity index (χ4n) is 4.63. The van der Waals surface area contributed by atoms with Crippen molar-refractivity contribution in [1.82, 2.24) is 0 Å². The third-order valence-corrected chi connectivity index (χ3v) is 5.92. The first-order valence-corrected chi connectivity index (χ1v) is 10.5. The van der Waals surface area contributed by atoms with Crippen LogP contribution in [0.15, 0.2) is 97.1 Å². The molecule has 0 radical (unpaired) electrons. The van der Waals surface area contributed by atoms with Crippen LogP contribution in [0.1, 0.15) is 47.2 Å². The predicted octanol–water partition coefficient (Wildman–Crippen LogP) is 7.69. The molecule has 0 aromatic heterocycles. The lowest BCUT2D eigenvalue weighted by molar-refractivity contribution is 0.767. The van der Waals surface area contributed by atoms with Gasteiger partial charge < -0.3 is 0 Å². The van der Waals surface area contributed by atoms with Gasteiger partial charge in [-0.3, -0.25) is 0 Å². The van der Waals surface area contributed by atoms with E-state index in [1.54, 1.807) is 0 Å². The van der Waals surface area contributed by atoms with E-state index in [-0.39, 0.29) is 5.41 Å². The third kappa shape index (κ3) is 2.91. The number of benzene rings is 4. The van der Waals surface area contributed by atoms with Crippen LogP contribution < -0.4 is 0 Å². The Bertz CT molecular complexity index is 1020. The molecule has 0 bridgehead atoms. The minimum Gasteiger partial charge on any atom is -0.0683 e. The van der Waals surface area contributed by atoms with Gasteiger partial charge in [0, 0.05) is 0 Å². The van der Waals surface area contributed by atoms with E-state index in [9.17, 15) is 0 Å². The molecular weight excluding hydrogens is 348 g/mol. The monoisotopic (exact) mass is 376 g/mol. The van der Waals surface area contributed by atoms with Crippen molar-refractivity contribution >= 4 is 0 Å². The summed E-state index contributed by atoms with van der Waals surface area (Å²) < 4.78 is 0. The molecule has 0 nitrogen and oxygen atoms in total. The zero-order valence-electron chi connectivity index (χ0n) is 17.7. The summed E-state index contributed by atoms with van der Waals surface area (Å²) in [6.07, 6.45) is 0. The Morgan fingerprint density at radius 2 is 0.793 bits per heavy atom. The number of hydrogen-bond acceptors (Lipinski definition) is 0. The summed E-state index contributed by atoms with van der Waals surface area (Å²) in [6.45, 7) is 8.30. The second kappa shape index (κ2) is 7.72. The molecule has 0 saturated carbocycles. The van der Waals surface area contributed by atoms with E-state index in [4.69, 9.17) is 0 Å². The van der Waals surface area contributed by atoms with Gasteiger partial charge in [0.2, 0.25) is 0 Å². The largest absolute Gasteiger partial charge is 0.0713 e. The van der Waals surface area contributed by atoms with E-state index in [1.807, 2.05) is 13.8 Å². The average molecular weight is 377 g/mol. The average Bonchev–Trinajstić information content (AvgIpc) is 3.08. The summed E-state index contributed by atoms with van der Waals surface area (Å²) in [5.41, 5.74) is 10.4. The summed E-state index contributed by atoms with van der Waals surface area (Å²) >= 11 is 0. The molecule has 29 heavy (non-hydrogen) atoms. The molecule has 0 N–H and O–H groups in total. The predicted molar refractivity (Wildman–Crippen MR) is 125 cm³/mol. The van der Waals surface area contributed by atoms with Crippen molar-refractivity contribution in [3.05, 3.63) is 130 Å². The smallest absolute Gasteiger partial charge is 0.0683 e. The van der Waals surface area contributed by atoms with E-state index < -0.39 is 0 Å². The van der Waals surface area contributed by atoms with Gasteiger partial charge >= 0.3 is 0 Å². The summed E-state index contributed by atoms with van der Waals surface area (Å²) in [5.74, 6) is 0. The second-order valence-corrected chi connectivity index (χ2v) is 7.57. The van der Waals surface area contributed by atoms with Crippen LogP contribution in [0, 0.1) is 13.8 Å².